The van der Waals surface area contributed by atoms with Gasteiger partial charge < -0.3 is 15.3 Å². The lowest BCUT2D eigenvalue weighted by molar-refractivity contribution is -0.128. The van der Waals surface area contributed by atoms with E-state index in [1.165, 1.54) is 4.90 Å². The number of carbonyl (C=O) groups is 2. The second-order valence-electron chi connectivity index (χ2n) is 6.01. The summed E-state index contributed by atoms with van der Waals surface area (Å²) >= 11 is 0. The Balaban J connectivity index is 2.19. The molecule has 1 heterocycles. The van der Waals surface area contributed by atoms with Crippen molar-refractivity contribution in [2.75, 3.05) is 19.6 Å². The Hall–Kier alpha value is -1.26. The second-order valence-corrected chi connectivity index (χ2v) is 6.01. The molecule has 5 nitrogen and oxygen atoms in total. The third-order valence-corrected chi connectivity index (χ3v) is 3.40. The Morgan fingerprint density at radius 3 is 2.28 bits per heavy atom. The maximum atomic E-state index is 11.7. The van der Waals surface area contributed by atoms with E-state index in [2.05, 4.69) is 5.32 Å². The molecule has 2 amide bonds. The van der Waals surface area contributed by atoms with Gasteiger partial charge in [-0.2, -0.15) is 0 Å². The molecule has 0 aromatic heterocycles. The highest BCUT2D eigenvalue weighted by Gasteiger charge is 2.23. The van der Waals surface area contributed by atoms with Crippen molar-refractivity contribution >= 4 is 12.0 Å². The first-order chi connectivity index (χ1) is 8.30. The summed E-state index contributed by atoms with van der Waals surface area (Å²) in [5.41, 5.74) is -0.341. The lowest BCUT2D eigenvalue weighted by atomic mass is 9.92. The number of likely N-dealkylation sites (tertiary alicyclic amines) is 1. The van der Waals surface area contributed by atoms with Crippen molar-refractivity contribution in [2.45, 2.75) is 40.0 Å². The molecule has 5 heteroatoms. The van der Waals surface area contributed by atoms with Gasteiger partial charge in [0.2, 0.25) is 5.91 Å². The molecule has 0 saturated carbocycles. The topological polar surface area (TPSA) is 69.6 Å². The van der Waals surface area contributed by atoms with Crippen molar-refractivity contribution in [1.82, 2.24) is 10.2 Å². The molecule has 0 unspecified atom stereocenters. The number of piperidine rings is 1. The van der Waals surface area contributed by atoms with E-state index in [9.17, 15) is 9.59 Å². The molecule has 1 saturated heterocycles. The number of hydrogen-bond acceptors (Lipinski definition) is 2. The zero-order valence-corrected chi connectivity index (χ0v) is 11.5. The number of nitrogens with zero attached hydrogens (tertiary/aromatic N) is 1. The van der Waals surface area contributed by atoms with Crippen LogP contribution in [0.4, 0.5) is 4.79 Å². The van der Waals surface area contributed by atoms with Crippen molar-refractivity contribution in [3.8, 4) is 0 Å². The smallest absolute Gasteiger partial charge is 0.407 e. The third-order valence-electron chi connectivity index (χ3n) is 3.40. The van der Waals surface area contributed by atoms with Gasteiger partial charge in [0.1, 0.15) is 0 Å². The number of amides is 2. The molecule has 18 heavy (non-hydrogen) atoms. The zero-order valence-electron chi connectivity index (χ0n) is 11.5. The number of hydrogen-bond donors (Lipinski definition) is 2. The summed E-state index contributed by atoms with van der Waals surface area (Å²) in [6.07, 6.45) is 1.92. The molecule has 0 aliphatic carbocycles. The highest BCUT2D eigenvalue weighted by Crippen LogP contribution is 2.20. The minimum Gasteiger partial charge on any atom is -0.465 e. The molecule has 0 bridgehead atoms. The van der Waals surface area contributed by atoms with Crippen LogP contribution in [-0.4, -0.2) is 41.6 Å². The molecular weight excluding hydrogens is 232 g/mol. The van der Waals surface area contributed by atoms with Crippen LogP contribution in [0.3, 0.4) is 0 Å². The average Bonchev–Trinajstić information content (AvgIpc) is 2.28. The highest BCUT2D eigenvalue weighted by molar-refractivity contribution is 5.81. The van der Waals surface area contributed by atoms with Crippen LogP contribution in [0.15, 0.2) is 0 Å². The number of nitrogens with one attached hydrogen (secondary N) is 1. The Labute approximate surface area is 109 Å². The second kappa shape index (κ2) is 6.07. The van der Waals surface area contributed by atoms with E-state index in [4.69, 9.17) is 5.11 Å². The van der Waals surface area contributed by atoms with Crippen LogP contribution in [0, 0.1) is 11.3 Å². The van der Waals surface area contributed by atoms with E-state index in [0.29, 0.717) is 25.6 Å². The molecule has 0 aromatic rings. The Kier molecular flexibility index (Phi) is 4.99. The van der Waals surface area contributed by atoms with Crippen molar-refractivity contribution in [3.63, 3.8) is 0 Å². The summed E-state index contributed by atoms with van der Waals surface area (Å²) in [5, 5.41) is 11.8. The predicted molar refractivity (Wildman–Crippen MR) is 69.4 cm³/mol. The molecule has 0 spiro atoms. The highest BCUT2D eigenvalue weighted by atomic mass is 16.4. The van der Waals surface area contributed by atoms with Crippen molar-refractivity contribution in [1.29, 1.82) is 0 Å². The van der Waals surface area contributed by atoms with Gasteiger partial charge in [0.25, 0.3) is 0 Å². The normalized spacial score (nSPS) is 17.6. The number of carbonyl (C=O) groups excluding carboxylic acids is 1. The van der Waals surface area contributed by atoms with E-state index in [1.54, 1.807) is 0 Å². The first-order valence-corrected chi connectivity index (χ1v) is 6.57. The molecular formula is C13H24N2O3. The van der Waals surface area contributed by atoms with Crippen LogP contribution < -0.4 is 5.32 Å². The van der Waals surface area contributed by atoms with Gasteiger partial charge in [-0.15, -0.1) is 0 Å². The summed E-state index contributed by atoms with van der Waals surface area (Å²) in [4.78, 5) is 23.9. The lowest BCUT2D eigenvalue weighted by Gasteiger charge is -2.30. The van der Waals surface area contributed by atoms with Crippen LogP contribution in [-0.2, 0) is 4.79 Å². The fourth-order valence-electron chi connectivity index (χ4n) is 2.07. The van der Waals surface area contributed by atoms with Crippen LogP contribution in [0.2, 0.25) is 0 Å². The van der Waals surface area contributed by atoms with Gasteiger partial charge in [-0.1, -0.05) is 20.8 Å². The van der Waals surface area contributed by atoms with E-state index >= 15 is 0 Å². The summed E-state index contributed by atoms with van der Waals surface area (Å²) in [6.45, 7) is 7.61. The van der Waals surface area contributed by atoms with Gasteiger partial charge in [-0.05, 0) is 25.2 Å². The van der Waals surface area contributed by atoms with Gasteiger partial charge >= 0.3 is 6.09 Å². The third kappa shape index (κ3) is 4.55. The number of rotatable bonds is 3. The molecule has 1 aliphatic rings. The first kappa shape index (κ1) is 14.8. The van der Waals surface area contributed by atoms with Crippen molar-refractivity contribution in [2.24, 2.45) is 11.3 Å². The zero-order chi connectivity index (χ0) is 13.8. The summed E-state index contributed by atoms with van der Waals surface area (Å²) in [5.74, 6) is 0.603. The molecule has 1 aliphatic heterocycles. The van der Waals surface area contributed by atoms with Gasteiger partial charge in [0.15, 0.2) is 0 Å². The van der Waals surface area contributed by atoms with E-state index in [0.717, 1.165) is 19.3 Å². The quantitative estimate of drug-likeness (QED) is 0.810. The first-order valence-electron chi connectivity index (χ1n) is 6.57. The summed E-state index contributed by atoms with van der Waals surface area (Å²) in [7, 11) is 0. The molecule has 1 fully saturated rings. The van der Waals surface area contributed by atoms with Crippen molar-refractivity contribution in [3.05, 3.63) is 0 Å². The monoisotopic (exact) mass is 256 g/mol. The van der Waals surface area contributed by atoms with Crippen LogP contribution in [0.5, 0.6) is 0 Å². The summed E-state index contributed by atoms with van der Waals surface area (Å²) in [6, 6.07) is 0. The Morgan fingerprint density at radius 2 is 1.83 bits per heavy atom. The van der Waals surface area contributed by atoms with Crippen LogP contribution in [0.25, 0.3) is 0 Å². The number of carboxylic acid groups (broad SMARTS) is 1. The van der Waals surface area contributed by atoms with Crippen LogP contribution in [0.1, 0.15) is 40.0 Å². The maximum absolute atomic E-state index is 11.7. The molecule has 104 valence electrons. The Bertz CT molecular complexity index is 302. The average molecular weight is 256 g/mol. The summed E-state index contributed by atoms with van der Waals surface area (Å²) < 4.78 is 0. The molecule has 0 atom stereocenters. The van der Waals surface area contributed by atoms with E-state index in [-0.39, 0.29) is 11.3 Å². The van der Waals surface area contributed by atoms with Gasteiger partial charge in [-0.3, -0.25) is 4.79 Å². The van der Waals surface area contributed by atoms with E-state index in [1.807, 2.05) is 20.8 Å². The van der Waals surface area contributed by atoms with Gasteiger partial charge in [-0.25, -0.2) is 4.79 Å². The molecule has 0 aromatic carbocycles. The van der Waals surface area contributed by atoms with E-state index < -0.39 is 6.09 Å². The minimum absolute atomic E-state index is 0.0745. The van der Waals surface area contributed by atoms with Gasteiger partial charge in [0, 0.05) is 25.0 Å². The van der Waals surface area contributed by atoms with Crippen LogP contribution >= 0.6 is 0 Å². The standard InChI is InChI=1S/C13H24N2O3/c1-13(2,3)11(16)14-7-4-10-5-8-15(9-6-10)12(17)18/h10H,4-9H2,1-3H3,(H,14,16)(H,17,18). The predicted octanol–water partition coefficient (Wildman–Crippen LogP) is 1.93. The minimum atomic E-state index is -0.825. The molecule has 0 radical (unpaired) electrons. The largest absolute Gasteiger partial charge is 0.465 e. The fraction of sp³-hybridized carbons (Fsp3) is 0.846. The van der Waals surface area contributed by atoms with Crippen molar-refractivity contribution < 1.29 is 14.7 Å². The SMILES string of the molecule is CC(C)(C)C(=O)NCCC1CCN(C(=O)O)CC1. The molecule has 2 N–H and O–H groups in total. The Morgan fingerprint density at radius 1 is 1.28 bits per heavy atom. The van der Waals surface area contributed by atoms with Gasteiger partial charge in [0.05, 0.1) is 0 Å². The fourth-order valence-corrected chi connectivity index (χ4v) is 2.07. The lowest BCUT2D eigenvalue weighted by Crippen LogP contribution is -2.39. The maximum Gasteiger partial charge on any atom is 0.407 e. The molecule has 1 rings (SSSR count).